The van der Waals surface area contributed by atoms with E-state index in [1.54, 1.807) is 11.3 Å². The summed E-state index contributed by atoms with van der Waals surface area (Å²) in [5.41, 5.74) is 6.63. The van der Waals surface area contributed by atoms with Gasteiger partial charge < -0.3 is 11.1 Å². The van der Waals surface area contributed by atoms with E-state index in [0.29, 0.717) is 6.54 Å². The van der Waals surface area contributed by atoms with Crippen molar-refractivity contribution in [1.29, 1.82) is 0 Å². The molecule has 0 fully saturated rings. The topological polar surface area (TPSA) is 68.0 Å². The summed E-state index contributed by atoms with van der Waals surface area (Å²) >= 11 is 1.70. The van der Waals surface area contributed by atoms with E-state index in [9.17, 15) is 4.79 Å². The maximum Gasteiger partial charge on any atom is 0.224 e. The fourth-order valence-corrected chi connectivity index (χ4v) is 3.98. The molecule has 0 aliphatic heterocycles. The van der Waals surface area contributed by atoms with Crippen LogP contribution in [0.25, 0.3) is 10.2 Å². The molecule has 22 heavy (non-hydrogen) atoms. The monoisotopic (exact) mass is 315 g/mol. The molecule has 1 aliphatic carbocycles. The Morgan fingerprint density at radius 2 is 2.18 bits per heavy atom. The van der Waals surface area contributed by atoms with E-state index in [4.69, 9.17) is 10.7 Å². The van der Waals surface area contributed by atoms with Crippen molar-refractivity contribution in [1.82, 2.24) is 10.3 Å². The van der Waals surface area contributed by atoms with E-state index in [-0.39, 0.29) is 23.8 Å². The predicted octanol–water partition coefficient (Wildman–Crippen LogP) is 2.81. The molecule has 0 bridgehead atoms. The molecule has 116 valence electrons. The van der Waals surface area contributed by atoms with Crippen LogP contribution in [0.3, 0.4) is 0 Å². The van der Waals surface area contributed by atoms with Gasteiger partial charge in [-0.2, -0.15) is 0 Å². The third-order valence-electron chi connectivity index (χ3n) is 4.14. The number of aromatic nitrogens is 1. The minimum atomic E-state index is -0.0560. The molecule has 2 aromatic rings. The normalized spacial score (nSPS) is 22.6. The van der Waals surface area contributed by atoms with Crippen LogP contribution in [0.15, 0.2) is 36.4 Å². The predicted molar refractivity (Wildman–Crippen MR) is 90.9 cm³/mol. The Morgan fingerprint density at radius 1 is 1.41 bits per heavy atom. The quantitative estimate of drug-likeness (QED) is 0.853. The first kappa shape index (κ1) is 15.2. The van der Waals surface area contributed by atoms with E-state index in [1.165, 1.54) is 4.70 Å². The second kappa shape index (κ2) is 6.58. The number of carbonyl (C=O) groups is 1. The number of amides is 1. The van der Waals surface area contributed by atoms with Gasteiger partial charge in [-0.15, -0.1) is 11.3 Å². The van der Waals surface area contributed by atoms with Crippen LogP contribution in [-0.4, -0.2) is 23.5 Å². The highest BCUT2D eigenvalue weighted by atomic mass is 32.1. The van der Waals surface area contributed by atoms with Gasteiger partial charge in [-0.3, -0.25) is 4.79 Å². The molecule has 1 amide bonds. The lowest BCUT2D eigenvalue weighted by atomic mass is 9.82. The Kier molecular flexibility index (Phi) is 4.55. The van der Waals surface area contributed by atoms with Crippen LogP contribution in [0.1, 0.15) is 30.7 Å². The smallest absolute Gasteiger partial charge is 0.224 e. The van der Waals surface area contributed by atoms with Crippen LogP contribution in [0.5, 0.6) is 0 Å². The first-order valence-electron chi connectivity index (χ1n) is 7.70. The lowest BCUT2D eigenvalue weighted by Crippen LogP contribution is -2.43. The third-order valence-corrected chi connectivity index (χ3v) is 5.31. The van der Waals surface area contributed by atoms with Gasteiger partial charge in [0.25, 0.3) is 0 Å². The van der Waals surface area contributed by atoms with E-state index in [0.717, 1.165) is 23.4 Å². The molecule has 1 heterocycles. The maximum absolute atomic E-state index is 12.5. The summed E-state index contributed by atoms with van der Waals surface area (Å²) in [5.74, 6) is 0.193. The Bertz CT molecular complexity index is 661. The Labute approximate surface area is 134 Å². The van der Waals surface area contributed by atoms with Gasteiger partial charge >= 0.3 is 0 Å². The van der Waals surface area contributed by atoms with Gasteiger partial charge in [0.2, 0.25) is 5.91 Å². The number of allylic oxidation sites excluding steroid dienone is 2. The van der Waals surface area contributed by atoms with E-state index < -0.39 is 0 Å². The van der Waals surface area contributed by atoms with Crippen molar-refractivity contribution in [2.45, 2.75) is 31.7 Å². The molecule has 0 spiro atoms. The number of hydrogen-bond acceptors (Lipinski definition) is 4. The zero-order valence-corrected chi connectivity index (χ0v) is 13.5. The zero-order valence-electron chi connectivity index (χ0n) is 12.7. The van der Waals surface area contributed by atoms with Gasteiger partial charge in [0, 0.05) is 18.5 Å². The van der Waals surface area contributed by atoms with Crippen LogP contribution < -0.4 is 11.1 Å². The summed E-state index contributed by atoms with van der Waals surface area (Å²) in [6.45, 7) is 2.39. The average Bonchev–Trinajstić information content (AvgIpc) is 2.98. The highest BCUT2D eigenvalue weighted by Crippen LogP contribution is 2.38. The fourth-order valence-electron chi connectivity index (χ4n) is 2.83. The number of hydrogen-bond donors (Lipinski definition) is 2. The van der Waals surface area contributed by atoms with Crippen LogP contribution in [0.4, 0.5) is 0 Å². The Hall–Kier alpha value is -1.72. The number of thiazole rings is 1. The average molecular weight is 315 g/mol. The molecule has 1 aliphatic rings. The molecule has 2 unspecified atom stereocenters. The second-order valence-electron chi connectivity index (χ2n) is 5.82. The van der Waals surface area contributed by atoms with Gasteiger partial charge in [0.1, 0.15) is 0 Å². The van der Waals surface area contributed by atoms with Gasteiger partial charge in [0.15, 0.2) is 0 Å². The van der Waals surface area contributed by atoms with Crippen molar-refractivity contribution in [3.05, 3.63) is 41.4 Å². The third kappa shape index (κ3) is 3.05. The van der Waals surface area contributed by atoms with E-state index in [1.807, 2.05) is 25.1 Å². The van der Waals surface area contributed by atoms with Crippen molar-refractivity contribution in [3.8, 4) is 0 Å². The van der Waals surface area contributed by atoms with Gasteiger partial charge in [-0.05, 0) is 31.9 Å². The SMILES string of the molecule is C[C@@H](CN)NC(=O)C1CC=CCC1c1nc2ccccc2s1. The lowest BCUT2D eigenvalue weighted by molar-refractivity contribution is -0.126. The molecule has 0 saturated heterocycles. The molecule has 3 atom stereocenters. The lowest BCUT2D eigenvalue weighted by Gasteiger charge is -2.27. The summed E-state index contributed by atoms with van der Waals surface area (Å²) in [6.07, 6.45) is 5.90. The number of rotatable bonds is 4. The number of para-hydroxylation sites is 1. The number of nitrogens with one attached hydrogen (secondary N) is 1. The first-order chi connectivity index (χ1) is 10.7. The number of carbonyl (C=O) groups excluding carboxylic acids is 1. The number of fused-ring (bicyclic) bond motifs is 1. The molecular formula is C17H21N3OS. The minimum absolute atomic E-state index is 0.00873. The standard InChI is InChI=1S/C17H21N3OS/c1-11(10-18)19-16(21)12-6-2-3-7-13(12)17-20-14-8-4-5-9-15(14)22-17/h2-5,8-9,11-13H,6-7,10,18H2,1H3,(H,19,21)/t11-,12?,13?/m0/s1. The minimum Gasteiger partial charge on any atom is -0.352 e. The molecule has 1 aromatic carbocycles. The van der Waals surface area contributed by atoms with Gasteiger partial charge in [-0.25, -0.2) is 4.98 Å². The maximum atomic E-state index is 12.5. The van der Waals surface area contributed by atoms with Crippen LogP contribution >= 0.6 is 11.3 Å². The summed E-state index contributed by atoms with van der Waals surface area (Å²) in [6, 6.07) is 8.15. The van der Waals surface area contributed by atoms with Crippen LogP contribution in [0, 0.1) is 5.92 Å². The first-order valence-corrected chi connectivity index (χ1v) is 8.51. The summed E-state index contributed by atoms with van der Waals surface area (Å²) < 4.78 is 1.18. The van der Waals surface area contributed by atoms with E-state index >= 15 is 0 Å². The number of nitrogens with two attached hydrogens (primary N) is 1. The molecule has 5 heteroatoms. The molecule has 1 aromatic heterocycles. The van der Waals surface area contributed by atoms with Crippen molar-refractivity contribution < 1.29 is 4.79 Å². The summed E-state index contributed by atoms with van der Waals surface area (Å²) in [7, 11) is 0. The molecular weight excluding hydrogens is 294 g/mol. The van der Waals surface area contributed by atoms with Crippen LogP contribution in [-0.2, 0) is 4.79 Å². The molecule has 4 nitrogen and oxygen atoms in total. The van der Waals surface area contributed by atoms with E-state index in [2.05, 4.69) is 23.5 Å². The van der Waals surface area contributed by atoms with Crippen molar-refractivity contribution in [2.75, 3.05) is 6.54 Å². The Balaban J connectivity index is 1.86. The molecule has 0 radical (unpaired) electrons. The summed E-state index contributed by atoms with van der Waals surface area (Å²) in [5, 5.41) is 4.07. The van der Waals surface area contributed by atoms with Crippen molar-refractivity contribution >= 4 is 27.5 Å². The second-order valence-corrected chi connectivity index (χ2v) is 6.88. The number of nitrogens with zero attached hydrogens (tertiary/aromatic N) is 1. The number of benzene rings is 1. The Morgan fingerprint density at radius 3 is 2.95 bits per heavy atom. The van der Waals surface area contributed by atoms with Gasteiger partial charge in [0.05, 0.1) is 21.1 Å². The molecule has 3 N–H and O–H groups in total. The zero-order chi connectivity index (χ0) is 15.5. The molecule has 0 saturated carbocycles. The van der Waals surface area contributed by atoms with Gasteiger partial charge in [-0.1, -0.05) is 24.3 Å². The highest BCUT2D eigenvalue weighted by Gasteiger charge is 2.32. The van der Waals surface area contributed by atoms with Crippen molar-refractivity contribution in [3.63, 3.8) is 0 Å². The summed E-state index contributed by atoms with van der Waals surface area (Å²) in [4.78, 5) is 17.3. The largest absolute Gasteiger partial charge is 0.352 e. The molecule has 3 rings (SSSR count). The fraction of sp³-hybridized carbons (Fsp3) is 0.412. The van der Waals surface area contributed by atoms with Crippen molar-refractivity contribution in [2.24, 2.45) is 11.7 Å². The van der Waals surface area contributed by atoms with Crippen LogP contribution in [0.2, 0.25) is 0 Å². The highest BCUT2D eigenvalue weighted by molar-refractivity contribution is 7.18.